The van der Waals surface area contributed by atoms with E-state index in [9.17, 15) is 14.3 Å². The van der Waals surface area contributed by atoms with Crippen molar-refractivity contribution in [3.05, 3.63) is 59.9 Å². The number of rotatable bonds is 7. The molecule has 0 bridgehead atoms. The molecule has 25 heavy (non-hydrogen) atoms. The molecule has 1 amide bonds. The third-order valence-electron chi connectivity index (χ3n) is 5.07. The number of amides is 1. The largest absolute Gasteiger partial charge is 0.396 e. The standard InChI is InChI=1S/C21H26FNO2/c1-4-21(5-2,15-24)14-23(3)20(25)17-12-10-16(11-13-17)18-8-6-7-9-19(18)22/h6-13,24H,4-5,14-15H2,1-3H3. The van der Waals surface area contributed by atoms with E-state index < -0.39 is 0 Å². The summed E-state index contributed by atoms with van der Waals surface area (Å²) in [5.74, 6) is -0.378. The van der Waals surface area contributed by atoms with E-state index in [2.05, 4.69) is 0 Å². The minimum absolute atomic E-state index is 0.0594. The maximum absolute atomic E-state index is 13.9. The number of aliphatic hydroxyl groups excluding tert-OH is 1. The fourth-order valence-corrected chi connectivity index (χ4v) is 3.03. The second-order valence-electron chi connectivity index (χ2n) is 6.58. The molecule has 0 heterocycles. The molecule has 0 unspecified atom stereocenters. The average Bonchev–Trinajstić information content (AvgIpc) is 2.66. The van der Waals surface area contributed by atoms with Gasteiger partial charge in [0.1, 0.15) is 5.82 Å². The number of aliphatic hydroxyl groups is 1. The Morgan fingerprint density at radius 3 is 2.20 bits per heavy atom. The highest BCUT2D eigenvalue weighted by molar-refractivity contribution is 5.94. The summed E-state index contributed by atoms with van der Waals surface area (Å²) >= 11 is 0. The van der Waals surface area contributed by atoms with Crippen molar-refractivity contribution in [3.63, 3.8) is 0 Å². The highest BCUT2D eigenvalue weighted by atomic mass is 19.1. The predicted octanol–water partition coefficient (Wildman–Crippen LogP) is 4.36. The third kappa shape index (κ3) is 4.26. The SMILES string of the molecule is CCC(CC)(CO)CN(C)C(=O)c1ccc(-c2ccccc2F)cc1. The van der Waals surface area contributed by atoms with Crippen LogP contribution in [0.15, 0.2) is 48.5 Å². The summed E-state index contributed by atoms with van der Waals surface area (Å²) in [4.78, 5) is 14.3. The number of carbonyl (C=O) groups is 1. The van der Waals surface area contributed by atoms with Gasteiger partial charge in [0.15, 0.2) is 0 Å². The fraction of sp³-hybridized carbons (Fsp3) is 0.381. The van der Waals surface area contributed by atoms with Gasteiger partial charge in [-0.2, -0.15) is 0 Å². The molecule has 4 heteroatoms. The van der Waals surface area contributed by atoms with Crippen LogP contribution in [0.25, 0.3) is 11.1 Å². The van der Waals surface area contributed by atoms with Gasteiger partial charge in [-0.3, -0.25) is 4.79 Å². The Kier molecular flexibility index (Phi) is 6.32. The van der Waals surface area contributed by atoms with Crippen molar-refractivity contribution in [1.29, 1.82) is 0 Å². The quantitative estimate of drug-likeness (QED) is 0.811. The second-order valence-corrected chi connectivity index (χ2v) is 6.58. The van der Waals surface area contributed by atoms with Gasteiger partial charge in [-0.25, -0.2) is 4.39 Å². The molecule has 1 N–H and O–H groups in total. The van der Waals surface area contributed by atoms with Gasteiger partial charge in [0.25, 0.3) is 5.91 Å². The van der Waals surface area contributed by atoms with Crippen LogP contribution in [-0.2, 0) is 0 Å². The average molecular weight is 343 g/mol. The molecule has 134 valence electrons. The molecule has 2 aromatic carbocycles. The summed E-state index contributed by atoms with van der Waals surface area (Å²) in [5.41, 5.74) is 1.55. The zero-order chi connectivity index (χ0) is 18.4. The summed E-state index contributed by atoms with van der Waals surface area (Å²) < 4.78 is 13.9. The third-order valence-corrected chi connectivity index (χ3v) is 5.07. The Morgan fingerprint density at radius 1 is 1.08 bits per heavy atom. The van der Waals surface area contributed by atoms with Crippen LogP contribution in [0.4, 0.5) is 4.39 Å². The Hall–Kier alpha value is -2.20. The first-order valence-electron chi connectivity index (χ1n) is 8.67. The minimum Gasteiger partial charge on any atom is -0.396 e. The normalized spacial score (nSPS) is 11.4. The van der Waals surface area contributed by atoms with E-state index in [0.717, 1.165) is 18.4 Å². The Bertz CT molecular complexity index is 700. The Morgan fingerprint density at radius 2 is 1.68 bits per heavy atom. The molecule has 0 aromatic heterocycles. The number of hydrogen-bond acceptors (Lipinski definition) is 2. The Balaban J connectivity index is 2.16. The molecule has 0 aliphatic rings. The van der Waals surface area contributed by atoms with Crippen molar-refractivity contribution in [3.8, 4) is 11.1 Å². The number of hydrogen-bond donors (Lipinski definition) is 1. The van der Waals surface area contributed by atoms with Crippen LogP contribution in [0, 0.1) is 11.2 Å². The summed E-state index contributed by atoms with van der Waals surface area (Å²) in [5, 5.41) is 9.69. The van der Waals surface area contributed by atoms with Crippen molar-refractivity contribution in [2.45, 2.75) is 26.7 Å². The van der Waals surface area contributed by atoms with Crippen LogP contribution in [0.3, 0.4) is 0 Å². The molecule has 0 saturated heterocycles. The lowest BCUT2D eigenvalue weighted by Crippen LogP contribution is -2.40. The topological polar surface area (TPSA) is 40.5 Å². The van der Waals surface area contributed by atoms with Crippen molar-refractivity contribution < 1.29 is 14.3 Å². The highest BCUT2D eigenvalue weighted by Crippen LogP contribution is 2.27. The maximum Gasteiger partial charge on any atom is 0.253 e. The van der Waals surface area contributed by atoms with Crippen LogP contribution < -0.4 is 0 Å². The van der Waals surface area contributed by atoms with E-state index in [-0.39, 0.29) is 23.7 Å². The van der Waals surface area contributed by atoms with Gasteiger partial charge in [-0.15, -0.1) is 0 Å². The Labute approximate surface area is 149 Å². The molecule has 0 saturated carbocycles. The molecule has 0 spiro atoms. The van der Waals surface area contributed by atoms with Gasteiger partial charge in [-0.05, 0) is 36.6 Å². The van der Waals surface area contributed by atoms with Crippen molar-refractivity contribution >= 4 is 5.91 Å². The monoisotopic (exact) mass is 343 g/mol. The molecule has 0 aliphatic heterocycles. The maximum atomic E-state index is 13.9. The molecule has 3 nitrogen and oxygen atoms in total. The second kappa shape index (κ2) is 8.26. The van der Waals surface area contributed by atoms with E-state index in [1.807, 2.05) is 13.8 Å². The fourth-order valence-electron chi connectivity index (χ4n) is 3.03. The van der Waals surface area contributed by atoms with E-state index >= 15 is 0 Å². The van der Waals surface area contributed by atoms with Crippen LogP contribution in [0.2, 0.25) is 0 Å². The van der Waals surface area contributed by atoms with Crippen LogP contribution >= 0.6 is 0 Å². The van der Waals surface area contributed by atoms with Crippen LogP contribution in [0.5, 0.6) is 0 Å². The first-order valence-corrected chi connectivity index (χ1v) is 8.67. The van der Waals surface area contributed by atoms with Gasteiger partial charge in [0, 0.05) is 30.1 Å². The van der Waals surface area contributed by atoms with E-state index in [1.165, 1.54) is 6.07 Å². The number of benzene rings is 2. The lowest BCUT2D eigenvalue weighted by atomic mass is 9.82. The van der Waals surface area contributed by atoms with E-state index in [1.54, 1.807) is 54.4 Å². The molecule has 2 rings (SSSR count). The number of halogens is 1. The zero-order valence-corrected chi connectivity index (χ0v) is 15.1. The van der Waals surface area contributed by atoms with Gasteiger partial charge in [-0.1, -0.05) is 44.2 Å². The van der Waals surface area contributed by atoms with Crippen LogP contribution in [0.1, 0.15) is 37.0 Å². The van der Waals surface area contributed by atoms with Crippen molar-refractivity contribution in [1.82, 2.24) is 4.90 Å². The smallest absolute Gasteiger partial charge is 0.253 e. The van der Waals surface area contributed by atoms with Crippen LogP contribution in [-0.4, -0.2) is 36.1 Å². The van der Waals surface area contributed by atoms with E-state index in [4.69, 9.17) is 0 Å². The van der Waals surface area contributed by atoms with Gasteiger partial charge >= 0.3 is 0 Å². The lowest BCUT2D eigenvalue weighted by Gasteiger charge is -2.34. The molecule has 0 fully saturated rings. The van der Waals surface area contributed by atoms with E-state index in [0.29, 0.717) is 17.7 Å². The molecule has 0 atom stereocenters. The van der Waals surface area contributed by atoms with Gasteiger partial charge in [0.05, 0.1) is 6.61 Å². The van der Waals surface area contributed by atoms with Crippen molar-refractivity contribution in [2.24, 2.45) is 5.41 Å². The van der Waals surface area contributed by atoms with Gasteiger partial charge in [0.2, 0.25) is 0 Å². The molecule has 2 aromatic rings. The minimum atomic E-state index is -0.280. The highest BCUT2D eigenvalue weighted by Gasteiger charge is 2.29. The first kappa shape index (κ1) is 19.1. The molecular formula is C21H26FNO2. The van der Waals surface area contributed by atoms with Gasteiger partial charge < -0.3 is 10.0 Å². The van der Waals surface area contributed by atoms with Crippen molar-refractivity contribution in [2.75, 3.05) is 20.2 Å². The molecule has 0 aliphatic carbocycles. The molecular weight excluding hydrogens is 317 g/mol. The summed E-state index contributed by atoms with van der Waals surface area (Å²) in [6, 6.07) is 13.5. The lowest BCUT2D eigenvalue weighted by molar-refractivity contribution is 0.0545. The summed E-state index contributed by atoms with van der Waals surface area (Å²) in [6.07, 6.45) is 1.62. The summed E-state index contributed by atoms with van der Waals surface area (Å²) in [7, 11) is 1.75. The number of carbonyl (C=O) groups excluding carboxylic acids is 1. The first-order chi connectivity index (χ1) is 12.0. The zero-order valence-electron chi connectivity index (χ0n) is 15.1. The molecule has 0 radical (unpaired) electrons. The predicted molar refractivity (Wildman–Crippen MR) is 98.9 cm³/mol. The number of nitrogens with zero attached hydrogens (tertiary/aromatic N) is 1. The summed E-state index contributed by atoms with van der Waals surface area (Å²) in [6.45, 7) is 4.62.